The van der Waals surface area contributed by atoms with Gasteiger partial charge in [-0.05, 0) is 43.0 Å². The molecule has 0 aromatic heterocycles. The first-order valence-corrected chi connectivity index (χ1v) is 7.53. The maximum atomic E-state index is 13.0. The van der Waals surface area contributed by atoms with E-state index < -0.39 is 0 Å². The molecular formula is C16H26FIN4O. The molecule has 0 saturated carbocycles. The Balaban J connectivity index is 0.00000484. The number of carbonyl (C=O) groups is 1. The zero-order valence-electron chi connectivity index (χ0n) is 13.9. The molecular weight excluding hydrogens is 410 g/mol. The zero-order chi connectivity index (χ0) is 16.4. The molecule has 0 saturated heterocycles. The van der Waals surface area contributed by atoms with Gasteiger partial charge in [0, 0.05) is 20.1 Å². The van der Waals surface area contributed by atoms with Crippen LogP contribution in [0.2, 0.25) is 0 Å². The summed E-state index contributed by atoms with van der Waals surface area (Å²) in [5.74, 6) is 0.301. The summed E-state index contributed by atoms with van der Waals surface area (Å²) in [6.45, 7) is 5.42. The number of rotatable bonds is 7. The van der Waals surface area contributed by atoms with E-state index in [0.29, 0.717) is 19.0 Å². The minimum absolute atomic E-state index is 0. The van der Waals surface area contributed by atoms with Gasteiger partial charge in [-0.2, -0.15) is 0 Å². The van der Waals surface area contributed by atoms with Gasteiger partial charge in [0.15, 0.2) is 5.96 Å². The Morgan fingerprint density at radius 3 is 2.57 bits per heavy atom. The summed E-state index contributed by atoms with van der Waals surface area (Å²) in [5.41, 5.74) is 2.02. The van der Waals surface area contributed by atoms with Gasteiger partial charge in [0.25, 0.3) is 0 Å². The maximum absolute atomic E-state index is 13.0. The van der Waals surface area contributed by atoms with Crippen LogP contribution in [0.15, 0.2) is 23.2 Å². The van der Waals surface area contributed by atoms with Crippen LogP contribution in [-0.2, 0) is 11.2 Å². The SMILES string of the molecule is CCCNC(=O)CNC(=NC)NCCc1ccc(F)cc1C.I. The molecule has 0 bridgehead atoms. The highest BCUT2D eigenvalue weighted by Crippen LogP contribution is 2.10. The fraction of sp³-hybridized carbons (Fsp3) is 0.500. The van der Waals surface area contributed by atoms with E-state index in [1.165, 1.54) is 12.1 Å². The maximum Gasteiger partial charge on any atom is 0.239 e. The van der Waals surface area contributed by atoms with Gasteiger partial charge in [0.1, 0.15) is 5.82 Å². The van der Waals surface area contributed by atoms with Crippen LogP contribution in [0.4, 0.5) is 4.39 Å². The standard InChI is InChI=1S/C16H25FN4O.HI/c1-4-8-19-15(22)11-21-16(18-3)20-9-7-13-5-6-14(17)10-12(13)2;/h5-6,10H,4,7-9,11H2,1-3H3,(H,19,22)(H2,18,20,21);1H. The second-order valence-electron chi connectivity index (χ2n) is 5.02. The van der Waals surface area contributed by atoms with Gasteiger partial charge in [-0.25, -0.2) is 4.39 Å². The van der Waals surface area contributed by atoms with Crippen molar-refractivity contribution in [3.05, 3.63) is 35.1 Å². The lowest BCUT2D eigenvalue weighted by atomic mass is 10.1. The highest BCUT2D eigenvalue weighted by Gasteiger charge is 2.04. The van der Waals surface area contributed by atoms with Crippen LogP contribution in [0.25, 0.3) is 0 Å². The van der Waals surface area contributed by atoms with E-state index in [1.807, 2.05) is 13.8 Å². The van der Waals surface area contributed by atoms with Crippen molar-refractivity contribution in [2.45, 2.75) is 26.7 Å². The van der Waals surface area contributed by atoms with Crippen molar-refractivity contribution in [3.63, 3.8) is 0 Å². The van der Waals surface area contributed by atoms with Crippen molar-refractivity contribution in [1.82, 2.24) is 16.0 Å². The average Bonchev–Trinajstić information content (AvgIpc) is 2.50. The number of hydrogen-bond acceptors (Lipinski definition) is 2. The number of benzene rings is 1. The Morgan fingerprint density at radius 1 is 1.22 bits per heavy atom. The van der Waals surface area contributed by atoms with Crippen LogP contribution in [0.1, 0.15) is 24.5 Å². The van der Waals surface area contributed by atoms with Crippen molar-refractivity contribution >= 4 is 35.8 Å². The molecule has 1 amide bonds. The van der Waals surface area contributed by atoms with Gasteiger partial charge in [0.2, 0.25) is 5.91 Å². The van der Waals surface area contributed by atoms with Crippen LogP contribution >= 0.6 is 24.0 Å². The fourth-order valence-corrected chi connectivity index (χ4v) is 1.97. The second-order valence-corrected chi connectivity index (χ2v) is 5.02. The largest absolute Gasteiger partial charge is 0.356 e. The predicted octanol–water partition coefficient (Wildman–Crippen LogP) is 1.99. The Labute approximate surface area is 154 Å². The molecule has 0 unspecified atom stereocenters. The fourth-order valence-electron chi connectivity index (χ4n) is 1.97. The Bertz CT molecular complexity index is 523. The molecule has 0 aliphatic heterocycles. The normalized spacial score (nSPS) is 10.7. The first-order valence-electron chi connectivity index (χ1n) is 7.53. The molecule has 23 heavy (non-hydrogen) atoms. The number of halogens is 2. The molecule has 0 radical (unpaired) electrons. The van der Waals surface area contributed by atoms with Crippen LogP contribution in [0.5, 0.6) is 0 Å². The molecule has 0 fully saturated rings. The number of carbonyl (C=O) groups excluding carboxylic acids is 1. The van der Waals surface area contributed by atoms with Gasteiger partial charge < -0.3 is 16.0 Å². The number of amides is 1. The summed E-state index contributed by atoms with van der Waals surface area (Å²) in [6.07, 6.45) is 1.67. The van der Waals surface area contributed by atoms with Crippen molar-refractivity contribution < 1.29 is 9.18 Å². The van der Waals surface area contributed by atoms with Crippen molar-refractivity contribution in [3.8, 4) is 0 Å². The van der Waals surface area contributed by atoms with E-state index in [-0.39, 0.29) is 42.2 Å². The molecule has 5 nitrogen and oxygen atoms in total. The first-order chi connectivity index (χ1) is 10.6. The van der Waals surface area contributed by atoms with E-state index in [0.717, 1.165) is 24.0 Å². The summed E-state index contributed by atoms with van der Waals surface area (Å²) in [7, 11) is 1.66. The van der Waals surface area contributed by atoms with Gasteiger partial charge in [0.05, 0.1) is 6.54 Å². The van der Waals surface area contributed by atoms with Crippen LogP contribution < -0.4 is 16.0 Å². The smallest absolute Gasteiger partial charge is 0.239 e. The number of nitrogens with zero attached hydrogens (tertiary/aromatic N) is 1. The van der Waals surface area contributed by atoms with Crippen LogP contribution in [0.3, 0.4) is 0 Å². The molecule has 0 aliphatic rings. The monoisotopic (exact) mass is 436 g/mol. The molecule has 0 atom stereocenters. The van der Waals surface area contributed by atoms with E-state index in [2.05, 4.69) is 20.9 Å². The summed E-state index contributed by atoms with van der Waals surface area (Å²) in [4.78, 5) is 15.6. The predicted molar refractivity (Wildman–Crippen MR) is 103 cm³/mol. The number of nitrogens with one attached hydrogen (secondary N) is 3. The summed E-state index contributed by atoms with van der Waals surface area (Å²) in [5, 5.41) is 8.88. The van der Waals surface area contributed by atoms with Gasteiger partial charge in [-0.1, -0.05) is 13.0 Å². The lowest BCUT2D eigenvalue weighted by Crippen LogP contribution is -2.43. The lowest BCUT2D eigenvalue weighted by Gasteiger charge is -2.12. The van der Waals surface area contributed by atoms with E-state index >= 15 is 0 Å². The molecule has 0 spiro atoms. The summed E-state index contributed by atoms with van der Waals surface area (Å²) in [6, 6.07) is 4.79. The first kappa shape index (κ1) is 21.6. The minimum atomic E-state index is -0.218. The molecule has 7 heteroatoms. The zero-order valence-corrected chi connectivity index (χ0v) is 16.2. The highest BCUT2D eigenvalue weighted by molar-refractivity contribution is 14.0. The molecule has 1 rings (SSSR count). The molecule has 0 aliphatic carbocycles. The third-order valence-electron chi connectivity index (χ3n) is 3.20. The van der Waals surface area contributed by atoms with Crippen molar-refractivity contribution in [2.75, 3.05) is 26.7 Å². The number of guanidine groups is 1. The van der Waals surface area contributed by atoms with Crippen molar-refractivity contribution in [2.24, 2.45) is 4.99 Å². The third-order valence-corrected chi connectivity index (χ3v) is 3.20. The molecule has 0 heterocycles. The minimum Gasteiger partial charge on any atom is -0.356 e. The molecule has 3 N–H and O–H groups in total. The second kappa shape index (κ2) is 12.1. The molecule has 1 aromatic rings. The average molecular weight is 436 g/mol. The Hall–Kier alpha value is -1.38. The lowest BCUT2D eigenvalue weighted by molar-refractivity contribution is -0.120. The van der Waals surface area contributed by atoms with Crippen LogP contribution in [0, 0.1) is 12.7 Å². The highest BCUT2D eigenvalue weighted by atomic mass is 127. The Kier molecular flexibility index (Phi) is 11.4. The summed E-state index contributed by atoms with van der Waals surface area (Å²) >= 11 is 0. The third kappa shape index (κ3) is 8.73. The number of aryl methyl sites for hydroxylation is 1. The van der Waals surface area contributed by atoms with E-state index in [1.54, 1.807) is 13.1 Å². The quantitative estimate of drug-likeness (QED) is 0.348. The number of aliphatic imine (C=N–C) groups is 1. The Morgan fingerprint density at radius 2 is 1.96 bits per heavy atom. The van der Waals surface area contributed by atoms with E-state index in [4.69, 9.17) is 0 Å². The van der Waals surface area contributed by atoms with Gasteiger partial charge >= 0.3 is 0 Å². The summed E-state index contributed by atoms with van der Waals surface area (Å²) < 4.78 is 13.0. The topological polar surface area (TPSA) is 65.5 Å². The number of hydrogen-bond donors (Lipinski definition) is 3. The van der Waals surface area contributed by atoms with Crippen molar-refractivity contribution in [1.29, 1.82) is 0 Å². The molecule has 130 valence electrons. The van der Waals surface area contributed by atoms with E-state index in [9.17, 15) is 9.18 Å². The van der Waals surface area contributed by atoms with Gasteiger partial charge in [-0.15, -0.1) is 24.0 Å². The van der Waals surface area contributed by atoms with Crippen LogP contribution in [-0.4, -0.2) is 38.5 Å². The van der Waals surface area contributed by atoms with Gasteiger partial charge in [-0.3, -0.25) is 9.79 Å². The molecule has 1 aromatic carbocycles.